The number of carbonyl (C=O) groups excluding carboxylic acids is 3. The SMILES string of the molecule is CCCCC(CC)COC(=O)c1nnn(CCCCCCOC(=O)c2cn(C(C)C(C)(C)C)nn2)c1C(=O)OCC(CC)CCCC. The van der Waals surface area contributed by atoms with Gasteiger partial charge in [-0.3, -0.25) is 0 Å². The molecule has 0 N–H and O–H groups in total. The van der Waals surface area contributed by atoms with Crippen LogP contribution in [0.2, 0.25) is 0 Å². The molecule has 3 atom stereocenters. The Bertz CT molecular complexity index is 1220. The Morgan fingerprint density at radius 2 is 1.34 bits per heavy atom. The van der Waals surface area contributed by atoms with Crippen molar-refractivity contribution >= 4 is 17.9 Å². The maximum atomic E-state index is 13.3. The molecule has 2 heterocycles. The number of hydrogen-bond donors (Lipinski definition) is 0. The lowest BCUT2D eigenvalue weighted by molar-refractivity contribution is 0.0369. The Hall–Kier alpha value is -3.31. The van der Waals surface area contributed by atoms with Gasteiger partial charge in [0.15, 0.2) is 11.4 Å². The number of ether oxygens (including phenoxy) is 3. The lowest BCUT2D eigenvalue weighted by atomic mass is 9.88. The zero-order valence-electron chi connectivity index (χ0n) is 30.3. The van der Waals surface area contributed by atoms with Crippen molar-refractivity contribution in [1.82, 2.24) is 30.0 Å². The average Bonchev–Trinajstić information content (AvgIpc) is 3.71. The highest BCUT2D eigenvalue weighted by atomic mass is 16.5. The fraction of sp³-hybridized carbons (Fsp3) is 0.800. The summed E-state index contributed by atoms with van der Waals surface area (Å²) in [5, 5.41) is 16.3. The van der Waals surface area contributed by atoms with E-state index in [9.17, 15) is 14.4 Å². The Morgan fingerprint density at radius 3 is 1.91 bits per heavy atom. The van der Waals surface area contributed by atoms with Crippen LogP contribution in [0.4, 0.5) is 0 Å². The summed E-state index contributed by atoms with van der Waals surface area (Å²) in [5.74, 6) is -1.21. The fourth-order valence-corrected chi connectivity index (χ4v) is 5.04. The van der Waals surface area contributed by atoms with Gasteiger partial charge in [-0.25, -0.2) is 23.7 Å². The zero-order chi connectivity index (χ0) is 34.8. The van der Waals surface area contributed by atoms with Crippen molar-refractivity contribution < 1.29 is 28.6 Å². The predicted molar refractivity (Wildman–Crippen MR) is 180 cm³/mol. The van der Waals surface area contributed by atoms with Crippen LogP contribution in [0.5, 0.6) is 0 Å². The van der Waals surface area contributed by atoms with Crippen molar-refractivity contribution in [2.75, 3.05) is 19.8 Å². The van der Waals surface area contributed by atoms with Crippen LogP contribution in [-0.2, 0) is 20.8 Å². The molecule has 47 heavy (non-hydrogen) atoms. The maximum Gasteiger partial charge on any atom is 0.361 e. The second-order valence-electron chi connectivity index (χ2n) is 13.7. The minimum absolute atomic E-state index is 0.0222. The van der Waals surface area contributed by atoms with E-state index in [1.807, 2.05) is 6.92 Å². The molecule has 12 heteroatoms. The van der Waals surface area contributed by atoms with Gasteiger partial charge in [0, 0.05) is 6.54 Å². The zero-order valence-corrected chi connectivity index (χ0v) is 30.3. The highest BCUT2D eigenvalue weighted by Crippen LogP contribution is 2.29. The Labute approximate surface area is 281 Å². The lowest BCUT2D eigenvalue weighted by Crippen LogP contribution is -2.22. The van der Waals surface area contributed by atoms with Gasteiger partial charge in [-0.15, -0.1) is 10.2 Å². The van der Waals surface area contributed by atoms with E-state index in [0.29, 0.717) is 19.4 Å². The standard InChI is InChI=1S/C35H60N6O6/c1-9-13-19-27(11-3)24-46-33(43)30-31(34(44)47-25-28(12-4)20-14-10-2)40(39-37-30)21-17-15-16-18-22-45-32(42)29-23-41(38-36-29)26(5)35(6,7)8/h23,26-28H,9-22,24-25H2,1-8H3. The van der Waals surface area contributed by atoms with Crippen LogP contribution >= 0.6 is 0 Å². The quantitative estimate of drug-likeness (QED) is 0.0663. The highest BCUT2D eigenvalue weighted by molar-refractivity contribution is 6.00. The van der Waals surface area contributed by atoms with Gasteiger partial charge in [-0.1, -0.05) is 104 Å². The normalized spacial score (nSPS) is 13.6. The first-order chi connectivity index (χ1) is 22.5. The van der Waals surface area contributed by atoms with E-state index in [1.165, 1.54) is 4.68 Å². The Morgan fingerprint density at radius 1 is 0.745 bits per heavy atom. The summed E-state index contributed by atoms with van der Waals surface area (Å²) in [6, 6.07) is 0.0775. The molecular formula is C35H60N6O6. The summed E-state index contributed by atoms with van der Waals surface area (Å²) in [5.41, 5.74) is 0.126. The molecule has 12 nitrogen and oxygen atoms in total. The third kappa shape index (κ3) is 13.4. The van der Waals surface area contributed by atoms with E-state index in [1.54, 1.807) is 10.9 Å². The molecule has 0 aromatic carbocycles. The Kier molecular flexibility index (Phi) is 17.7. The molecule has 0 saturated carbocycles. The molecule has 2 rings (SSSR count). The van der Waals surface area contributed by atoms with Crippen molar-refractivity contribution in [2.24, 2.45) is 17.3 Å². The summed E-state index contributed by atoms with van der Waals surface area (Å²) in [4.78, 5) is 38.9. The van der Waals surface area contributed by atoms with E-state index >= 15 is 0 Å². The minimum atomic E-state index is -0.647. The smallest absolute Gasteiger partial charge is 0.361 e. The molecule has 0 aliphatic rings. The van der Waals surface area contributed by atoms with Crippen LogP contribution in [0.1, 0.15) is 170 Å². The van der Waals surface area contributed by atoms with Crippen molar-refractivity contribution in [3.63, 3.8) is 0 Å². The lowest BCUT2D eigenvalue weighted by Gasteiger charge is -2.26. The van der Waals surface area contributed by atoms with Crippen LogP contribution in [0.25, 0.3) is 0 Å². The largest absolute Gasteiger partial charge is 0.461 e. The first-order valence-corrected chi connectivity index (χ1v) is 17.8. The second-order valence-corrected chi connectivity index (χ2v) is 13.7. The van der Waals surface area contributed by atoms with Crippen LogP contribution in [0.3, 0.4) is 0 Å². The van der Waals surface area contributed by atoms with E-state index in [-0.39, 0.29) is 60.2 Å². The van der Waals surface area contributed by atoms with Crippen molar-refractivity contribution in [2.45, 2.75) is 145 Å². The van der Waals surface area contributed by atoms with Gasteiger partial charge in [-0.05, 0) is 56.3 Å². The molecule has 0 bridgehead atoms. The first kappa shape index (κ1) is 39.9. The van der Waals surface area contributed by atoms with Crippen molar-refractivity contribution in [1.29, 1.82) is 0 Å². The summed E-state index contributed by atoms with van der Waals surface area (Å²) < 4.78 is 19.9. The van der Waals surface area contributed by atoms with E-state index < -0.39 is 17.9 Å². The maximum absolute atomic E-state index is 13.3. The molecule has 0 saturated heterocycles. The molecule has 3 unspecified atom stereocenters. The predicted octanol–water partition coefficient (Wildman–Crippen LogP) is 7.64. The molecule has 2 aromatic heterocycles. The van der Waals surface area contributed by atoms with E-state index in [4.69, 9.17) is 14.2 Å². The molecule has 0 amide bonds. The molecule has 0 aliphatic heterocycles. The third-order valence-corrected chi connectivity index (χ3v) is 8.98. The summed E-state index contributed by atoms with van der Waals surface area (Å²) in [6.45, 7) is 18.0. The van der Waals surface area contributed by atoms with Gasteiger partial charge >= 0.3 is 17.9 Å². The number of nitrogens with zero attached hydrogens (tertiary/aromatic N) is 6. The van der Waals surface area contributed by atoms with E-state index in [0.717, 1.165) is 64.2 Å². The average molecular weight is 661 g/mol. The third-order valence-electron chi connectivity index (χ3n) is 8.98. The number of carbonyl (C=O) groups is 3. The van der Waals surface area contributed by atoms with Crippen LogP contribution in [-0.4, -0.2) is 67.7 Å². The number of rotatable bonds is 23. The van der Waals surface area contributed by atoms with Gasteiger partial charge in [0.25, 0.3) is 0 Å². The number of esters is 3. The first-order valence-electron chi connectivity index (χ1n) is 17.8. The molecule has 2 aromatic rings. The molecule has 266 valence electrons. The summed E-state index contributed by atoms with van der Waals surface area (Å²) >= 11 is 0. The van der Waals surface area contributed by atoms with Gasteiger partial charge in [0.1, 0.15) is 0 Å². The molecular weight excluding hydrogens is 600 g/mol. The number of unbranched alkanes of at least 4 members (excludes halogenated alkanes) is 5. The number of aromatic nitrogens is 6. The summed E-state index contributed by atoms with van der Waals surface area (Å²) in [7, 11) is 0. The van der Waals surface area contributed by atoms with Crippen LogP contribution in [0.15, 0.2) is 6.20 Å². The molecule has 0 fully saturated rings. The molecule has 0 spiro atoms. The fourth-order valence-electron chi connectivity index (χ4n) is 5.04. The van der Waals surface area contributed by atoms with Gasteiger partial charge in [0.2, 0.25) is 5.69 Å². The van der Waals surface area contributed by atoms with Gasteiger partial charge in [-0.2, -0.15) is 0 Å². The van der Waals surface area contributed by atoms with Crippen LogP contribution in [0, 0.1) is 17.3 Å². The van der Waals surface area contributed by atoms with Crippen LogP contribution < -0.4 is 0 Å². The topological polar surface area (TPSA) is 140 Å². The second kappa shape index (κ2) is 20.8. The highest BCUT2D eigenvalue weighted by Gasteiger charge is 2.29. The van der Waals surface area contributed by atoms with Gasteiger partial charge in [0.05, 0.1) is 32.1 Å². The molecule has 0 aliphatic carbocycles. The van der Waals surface area contributed by atoms with Gasteiger partial charge < -0.3 is 14.2 Å². The van der Waals surface area contributed by atoms with E-state index in [2.05, 4.69) is 69.1 Å². The Balaban J connectivity index is 1.94. The van der Waals surface area contributed by atoms with Crippen molar-refractivity contribution in [3.8, 4) is 0 Å². The molecule has 0 radical (unpaired) electrons. The van der Waals surface area contributed by atoms with Crippen molar-refractivity contribution in [3.05, 3.63) is 23.3 Å². The monoisotopic (exact) mass is 660 g/mol. The minimum Gasteiger partial charge on any atom is -0.461 e. The summed E-state index contributed by atoms with van der Waals surface area (Å²) in [6.07, 6.45) is 12.7. The number of aryl methyl sites for hydroxylation is 1. The number of hydrogen-bond acceptors (Lipinski definition) is 10.